The van der Waals surface area contributed by atoms with E-state index >= 15 is 0 Å². The van der Waals surface area contributed by atoms with Crippen LogP contribution in [-0.2, 0) is 6.61 Å². The molecule has 0 saturated heterocycles. The predicted molar refractivity (Wildman–Crippen MR) is 99.8 cm³/mol. The van der Waals surface area contributed by atoms with Crippen molar-refractivity contribution in [1.82, 2.24) is 24.6 Å². The van der Waals surface area contributed by atoms with Crippen LogP contribution in [0.3, 0.4) is 0 Å². The van der Waals surface area contributed by atoms with Gasteiger partial charge in [-0.1, -0.05) is 17.3 Å². The van der Waals surface area contributed by atoms with E-state index in [-0.39, 0.29) is 12.2 Å². The van der Waals surface area contributed by atoms with E-state index in [4.69, 9.17) is 4.74 Å². The minimum Gasteiger partial charge on any atom is -0.487 e. The van der Waals surface area contributed by atoms with E-state index < -0.39 is 0 Å². The number of nitrogens with one attached hydrogen (secondary N) is 1. The largest absolute Gasteiger partial charge is 0.487 e. The third-order valence-electron chi connectivity index (χ3n) is 3.79. The lowest BCUT2D eigenvalue weighted by Gasteiger charge is -2.06. The Hall–Kier alpha value is -2.78. The van der Waals surface area contributed by atoms with Gasteiger partial charge < -0.3 is 9.72 Å². The van der Waals surface area contributed by atoms with Crippen molar-refractivity contribution in [2.75, 3.05) is 0 Å². The summed E-state index contributed by atoms with van der Waals surface area (Å²) in [5, 5.41) is 9.10. The molecule has 0 aliphatic heterocycles. The van der Waals surface area contributed by atoms with Crippen molar-refractivity contribution in [1.29, 1.82) is 0 Å². The molecule has 1 aromatic carbocycles. The number of fused-ring (bicyclic) bond motifs is 1. The van der Waals surface area contributed by atoms with E-state index in [0.717, 1.165) is 20.9 Å². The predicted octanol–water partition coefficient (Wildman–Crippen LogP) is 0.419. The van der Waals surface area contributed by atoms with Gasteiger partial charge in [-0.25, -0.2) is 9.38 Å². The summed E-state index contributed by atoms with van der Waals surface area (Å²) in [7, 11) is 1.01. The number of H-pyrrole nitrogens is 1. The minimum atomic E-state index is -0.158. The van der Waals surface area contributed by atoms with Crippen molar-refractivity contribution in [2.24, 2.45) is 0 Å². The van der Waals surface area contributed by atoms with E-state index in [9.17, 15) is 4.79 Å². The SMILES string of the molecule is Cc1sc2nc(COc3ccc([SiH3])cc3)cc(=O)n2c1-c1nnc[nH]1. The summed E-state index contributed by atoms with van der Waals surface area (Å²) >= 11 is 1.44. The lowest BCUT2D eigenvalue weighted by Crippen LogP contribution is -2.16. The van der Waals surface area contributed by atoms with Crippen LogP contribution < -0.4 is 15.5 Å². The summed E-state index contributed by atoms with van der Waals surface area (Å²) in [5.74, 6) is 1.33. The highest BCUT2D eigenvalue weighted by Gasteiger charge is 2.17. The highest BCUT2D eigenvalue weighted by Crippen LogP contribution is 2.26. The summed E-state index contributed by atoms with van der Waals surface area (Å²) in [6.45, 7) is 2.18. The molecule has 4 aromatic rings. The number of ether oxygens (including phenoxy) is 1. The molecule has 0 amide bonds. The molecule has 7 nitrogen and oxygen atoms in total. The summed E-state index contributed by atoms with van der Waals surface area (Å²) < 4.78 is 7.30. The zero-order valence-corrected chi connectivity index (χ0v) is 16.5. The van der Waals surface area contributed by atoms with Crippen LogP contribution in [0, 0.1) is 6.92 Å². The van der Waals surface area contributed by atoms with Crippen LogP contribution in [0.15, 0.2) is 41.5 Å². The highest BCUT2D eigenvalue weighted by atomic mass is 32.1. The Morgan fingerprint density at radius 1 is 1.32 bits per heavy atom. The molecule has 25 heavy (non-hydrogen) atoms. The van der Waals surface area contributed by atoms with Crippen LogP contribution >= 0.6 is 11.3 Å². The van der Waals surface area contributed by atoms with Crippen LogP contribution in [0.2, 0.25) is 0 Å². The van der Waals surface area contributed by atoms with Crippen molar-refractivity contribution in [3.05, 3.63) is 57.6 Å². The topological polar surface area (TPSA) is 85.2 Å². The third-order valence-corrected chi connectivity index (χ3v) is 5.41. The van der Waals surface area contributed by atoms with Crippen LogP contribution in [0.4, 0.5) is 0 Å². The molecule has 0 aliphatic carbocycles. The molecule has 9 heteroatoms. The Balaban J connectivity index is 1.68. The maximum Gasteiger partial charge on any atom is 0.259 e. The average Bonchev–Trinajstić information content (AvgIpc) is 3.21. The van der Waals surface area contributed by atoms with Crippen LogP contribution in [0.25, 0.3) is 16.5 Å². The van der Waals surface area contributed by atoms with Gasteiger partial charge in [-0.3, -0.25) is 4.79 Å². The summed E-state index contributed by atoms with van der Waals surface area (Å²) in [4.78, 5) is 21.7. The second-order valence-corrected chi connectivity index (χ2v) is 7.99. The van der Waals surface area contributed by atoms with Crippen molar-refractivity contribution in [3.8, 4) is 17.3 Å². The maximum atomic E-state index is 12.6. The van der Waals surface area contributed by atoms with Gasteiger partial charge in [-0.15, -0.1) is 21.5 Å². The smallest absolute Gasteiger partial charge is 0.259 e. The zero-order valence-electron chi connectivity index (χ0n) is 13.7. The van der Waals surface area contributed by atoms with Crippen molar-refractivity contribution >= 4 is 31.7 Å². The highest BCUT2D eigenvalue weighted by molar-refractivity contribution is 7.17. The van der Waals surface area contributed by atoms with Gasteiger partial charge in [0.2, 0.25) is 0 Å². The second kappa shape index (κ2) is 6.26. The number of hydrogen-bond donors (Lipinski definition) is 1. The molecule has 0 fully saturated rings. The Bertz CT molecular complexity index is 1090. The fourth-order valence-corrected chi connectivity index (χ4v) is 3.91. The Morgan fingerprint density at radius 2 is 2.12 bits per heavy atom. The van der Waals surface area contributed by atoms with Crippen molar-refractivity contribution in [3.63, 3.8) is 0 Å². The lowest BCUT2D eigenvalue weighted by atomic mass is 10.3. The van der Waals surface area contributed by atoms with Crippen molar-refractivity contribution in [2.45, 2.75) is 13.5 Å². The molecule has 0 atom stereocenters. The molecule has 0 unspecified atom stereocenters. The van der Waals surface area contributed by atoms with Gasteiger partial charge >= 0.3 is 0 Å². The Labute approximate surface area is 149 Å². The molecule has 3 heterocycles. The first-order valence-electron chi connectivity index (χ1n) is 7.70. The van der Waals surface area contributed by atoms with Gasteiger partial charge in [0.1, 0.15) is 24.4 Å². The van der Waals surface area contributed by atoms with E-state index in [0.29, 0.717) is 22.2 Å². The first-order chi connectivity index (χ1) is 12.1. The first-order valence-corrected chi connectivity index (χ1v) is 9.51. The van der Waals surface area contributed by atoms with Crippen LogP contribution in [0.5, 0.6) is 5.75 Å². The molecule has 1 N–H and O–H groups in total. The molecule has 0 aliphatic rings. The van der Waals surface area contributed by atoms with E-state index in [2.05, 4.69) is 20.2 Å². The molecular weight excluding hydrogens is 354 g/mol. The first kappa shape index (κ1) is 15.7. The minimum absolute atomic E-state index is 0.158. The molecule has 126 valence electrons. The van der Waals surface area contributed by atoms with Gasteiger partial charge in [0, 0.05) is 21.2 Å². The molecule has 3 aromatic heterocycles. The van der Waals surface area contributed by atoms with E-state index in [1.54, 1.807) is 4.40 Å². The summed E-state index contributed by atoms with van der Waals surface area (Å²) in [5.41, 5.74) is 1.14. The summed E-state index contributed by atoms with van der Waals surface area (Å²) in [6, 6.07) is 9.45. The molecule has 4 rings (SSSR count). The molecule has 0 saturated carbocycles. The number of nitrogens with zero attached hydrogens (tertiary/aromatic N) is 4. The molecule has 0 radical (unpaired) electrons. The third kappa shape index (κ3) is 2.99. The number of aromatic amines is 1. The number of aromatic nitrogens is 5. The van der Waals surface area contributed by atoms with Gasteiger partial charge in [0.25, 0.3) is 5.56 Å². The standard InChI is InChI=1S/C16H15N5O2SSi/c1-9-14(15-17-8-18-20-15)21-13(22)6-10(19-16(21)24-9)7-23-11-2-4-12(25)5-3-11/h2-6,8H,7H2,1,25H3,(H,17,18,20). The number of benzene rings is 1. The Morgan fingerprint density at radius 3 is 2.84 bits per heavy atom. The average molecular weight is 369 g/mol. The number of rotatable bonds is 4. The van der Waals surface area contributed by atoms with Gasteiger partial charge in [0.15, 0.2) is 10.8 Å². The van der Waals surface area contributed by atoms with Crippen LogP contribution in [0.1, 0.15) is 10.6 Å². The maximum absolute atomic E-state index is 12.6. The fraction of sp³-hybridized carbons (Fsp3) is 0.125. The quantitative estimate of drug-likeness (QED) is 0.527. The number of thiazole rings is 1. The second-order valence-electron chi connectivity index (χ2n) is 5.65. The van der Waals surface area contributed by atoms with Crippen LogP contribution in [-0.4, -0.2) is 34.8 Å². The van der Waals surface area contributed by atoms with Crippen molar-refractivity contribution < 1.29 is 4.74 Å². The molecule has 0 spiro atoms. The number of hydrogen-bond acceptors (Lipinski definition) is 6. The normalized spacial score (nSPS) is 11.2. The monoisotopic (exact) mass is 369 g/mol. The van der Waals surface area contributed by atoms with Gasteiger partial charge in [-0.05, 0) is 19.1 Å². The van der Waals surface area contributed by atoms with Gasteiger partial charge in [-0.2, -0.15) is 0 Å². The number of aryl methyl sites for hydroxylation is 1. The zero-order chi connectivity index (χ0) is 17.4. The Kier molecular flexibility index (Phi) is 3.94. The lowest BCUT2D eigenvalue weighted by molar-refractivity contribution is 0.301. The summed E-state index contributed by atoms with van der Waals surface area (Å²) in [6.07, 6.45) is 1.49. The van der Waals surface area contributed by atoms with Gasteiger partial charge in [0.05, 0.1) is 5.69 Å². The molecular formula is C16H15N5O2SSi. The van der Waals surface area contributed by atoms with E-state index in [1.165, 1.54) is 28.9 Å². The van der Waals surface area contributed by atoms with E-state index in [1.807, 2.05) is 31.2 Å². The fourth-order valence-electron chi connectivity index (χ4n) is 2.58. The molecule has 0 bridgehead atoms.